The van der Waals surface area contributed by atoms with Gasteiger partial charge in [-0.2, -0.15) is 0 Å². The molecule has 7 aliphatic rings. The van der Waals surface area contributed by atoms with E-state index in [1.54, 1.807) is 12.1 Å². The second-order valence-electron chi connectivity index (χ2n) is 21.9. The number of hydrogen-bond acceptors (Lipinski definition) is 8. The number of aliphatic hydroxyl groups is 2. The van der Waals surface area contributed by atoms with Crippen LogP contribution in [0, 0.1) is 51.2 Å². The number of carbonyl (C=O) groups is 2. The minimum absolute atomic E-state index is 0.0142. The Bertz CT molecular complexity index is 2040. The zero-order valence-electron chi connectivity index (χ0n) is 36.6. The molecule has 6 fully saturated rings. The standard InChI is InChI=1S/C51H70N2O6/c1-28(22-40(56)46-50(7,59-46)36-17-10-16-34(36)30-12-8-14-32(52)23-30)42-37-19-20-41-48(5)25-35(31-13-9-15-33(55)24-31)45(58)47(3,4)44(48)39(53-27-29(2)54)26-51(41)21-11-18-38(43(42)57)49(37,51)6/h8-9,12-15,23-24,28-29,34-36,38-41,44,46,53-56H,10-11,16-22,25-27,52H2,1-7H3/t28-,29+,34-,35+,36-,38+,39+,40-,41+,44+,46+,48-,49-,50-,51-/m1/s1. The Morgan fingerprint density at radius 2 is 1.66 bits per heavy atom. The summed E-state index contributed by atoms with van der Waals surface area (Å²) >= 11 is 0. The van der Waals surface area contributed by atoms with E-state index in [0.717, 1.165) is 74.6 Å². The molecule has 5 saturated carbocycles. The van der Waals surface area contributed by atoms with E-state index in [1.807, 2.05) is 31.2 Å². The van der Waals surface area contributed by atoms with Crippen molar-refractivity contribution in [1.29, 1.82) is 0 Å². The highest BCUT2D eigenvalue weighted by Gasteiger charge is 2.75. The molecular formula is C51H70N2O6. The lowest BCUT2D eigenvalue weighted by atomic mass is 9.31. The Kier molecular flexibility index (Phi) is 9.98. The molecule has 8 heteroatoms. The number of nitrogens with one attached hydrogen (secondary N) is 1. The summed E-state index contributed by atoms with van der Waals surface area (Å²) in [5.41, 5.74) is 9.65. The molecule has 59 heavy (non-hydrogen) atoms. The van der Waals surface area contributed by atoms with Gasteiger partial charge in [0.25, 0.3) is 0 Å². The van der Waals surface area contributed by atoms with E-state index in [0.29, 0.717) is 42.9 Å². The SMILES string of the molecule is C[C@H](O)CN[C@H]1C[C@]23CCC[C@H]4C(=O)C([C@H](C)C[C@@H](O)[C@@H]5O[C@]5(C)[C@@H]5CCC[C@@H]5c5cccc(N)c5)=C(CC[C@H]2[C@@]2(C)C[C@@H](c5cccc(O)c5)C(=O)C(C)(C)[C@H]12)[C@]43C. The van der Waals surface area contributed by atoms with E-state index in [4.69, 9.17) is 10.5 Å². The van der Waals surface area contributed by atoms with Crippen LogP contribution in [0.1, 0.15) is 142 Å². The molecule has 15 atom stereocenters. The molecule has 0 bridgehead atoms. The van der Waals surface area contributed by atoms with Gasteiger partial charge in [-0.05, 0) is 153 Å². The van der Waals surface area contributed by atoms with Crippen molar-refractivity contribution in [3.63, 3.8) is 0 Å². The highest BCUT2D eigenvalue weighted by Crippen LogP contribution is 2.78. The number of benzene rings is 2. The van der Waals surface area contributed by atoms with E-state index >= 15 is 4.79 Å². The number of ketones is 2. The fourth-order valence-corrected chi connectivity index (χ4v) is 16.4. The minimum atomic E-state index is -0.668. The number of carbonyl (C=O) groups excluding carboxylic acids is 2. The van der Waals surface area contributed by atoms with Crippen LogP contribution in [-0.4, -0.2) is 63.4 Å². The molecule has 2 aromatic carbocycles. The number of phenols is 1. The van der Waals surface area contributed by atoms with Crippen molar-refractivity contribution in [3.05, 3.63) is 70.8 Å². The summed E-state index contributed by atoms with van der Waals surface area (Å²) in [5, 5.41) is 37.0. The second-order valence-corrected chi connectivity index (χ2v) is 21.9. The Morgan fingerprint density at radius 3 is 2.39 bits per heavy atom. The summed E-state index contributed by atoms with van der Waals surface area (Å²) in [6, 6.07) is 15.6. The first-order valence-corrected chi connectivity index (χ1v) is 23.1. The van der Waals surface area contributed by atoms with Gasteiger partial charge in [0.2, 0.25) is 0 Å². The van der Waals surface area contributed by atoms with Crippen molar-refractivity contribution >= 4 is 17.3 Å². The van der Waals surface area contributed by atoms with E-state index < -0.39 is 23.2 Å². The monoisotopic (exact) mass is 807 g/mol. The number of anilines is 1. The molecule has 0 unspecified atom stereocenters. The van der Waals surface area contributed by atoms with Gasteiger partial charge in [-0.1, -0.05) is 77.3 Å². The number of Topliss-reactive ketones (excluding diaryl/α,β-unsaturated/α-hetero) is 2. The summed E-state index contributed by atoms with van der Waals surface area (Å²) < 4.78 is 6.53. The van der Waals surface area contributed by atoms with E-state index in [2.05, 4.69) is 59.0 Å². The smallest absolute Gasteiger partial charge is 0.163 e. The lowest BCUT2D eigenvalue weighted by molar-refractivity contribution is -0.215. The average molecular weight is 807 g/mol. The number of nitrogens with two attached hydrogens (primary N) is 1. The summed E-state index contributed by atoms with van der Waals surface area (Å²) in [6.07, 6.45) is 8.65. The number of fused-ring (bicyclic) bond motifs is 2. The number of ether oxygens (including phenoxy) is 1. The molecule has 6 aliphatic carbocycles. The Labute approximate surface area is 352 Å². The van der Waals surface area contributed by atoms with Gasteiger partial charge < -0.3 is 31.1 Å². The second kappa shape index (κ2) is 14.3. The molecule has 1 heterocycles. The molecule has 8 nitrogen and oxygen atoms in total. The van der Waals surface area contributed by atoms with Crippen LogP contribution >= 0.6 is 0 Å². The van der Waals surface area contributed by atoms with Crippen LogP contribution in [-0.2, 0) is 14.3 Å². The van der Waals surface area contributed by atoms with Crippen LogP contribution in [0.5, 0.6) is 5.75 Å². The third kappa shape index (κ3) is 6.02. The molecule has 9 rings (SSSR count). The van der Waals surface area contributed by atoms with Crippen LogP contribution in [0.25, 0.3) is 0 Å². The molecule has 2 aromatic rings. The fourth-order valence-electron chi connectivity index (χ4n) is 16.4. The quantitative estimate of drug-likeness (QED) is 0.119. The van der Waals surface area contributed by atoms with Crippen molar-refractivity contribution in [2.45, 2.75) is 161 Å². The molecule has 0 radical (unpaired) electrons. The largest absolute Gasteiger partial charge is 0.508 e. The molecular weight excluding hydrogens is 737 g/mol. The van der Waals surface area contributed by atoms with Crippen LogP contribution in [0.3, 0.4) is 0 Å². The maximum absolute atomic E-state index is 15.1. The van der Waals surface area contributed by atoms with Gasteiger partial charge in [0.05, 0.1) is 17.8 Å². The summed E-state index contributed by atoms with van der Waals surface area (Å²) in [7, 11) is 0. The number of phenolic OH excluding ortho intramolecular Hbond substituents is 1. The molecule has 0 aromatic heterocycles. The van der Waals surface area contributed by atoms with Gasteiger partial charge in [0.1, 0.15) is 17.6 Å². The minimum Gasteiger partial charge on any atom is -0.508 e. The van der Waals surface area contributed by atoms with Gasteiger partial charge in [-0.3, -0.25) is 9.59 Å². The third-order valence-electron chi connectivity index (χ3n) is 18.5. The lowest BCUT2D eigenvalue weighted by Crippen LogP contribution is -2.71. The Balaban J connectivity index is 1.04. The zero-order valence-corrected chi connectivity index (χ0v) is 36.6. The maximum Gasteiger partial charge on any atom is 0.163 e. The molecule has 0 amide bonds. The van der Waals surface area contributed by atoms with Gasteiger partial charge in [0, 0.05) is 40.9 Å². The highest BCUT2D eigenvalue weighted by atomic mass is 16.6. The van der Waals surface area contributed by atoms with E-state index in [9.17, 15) is 20.1 Å². The molecule has 1 aliphatic heterocycles. The number of nitrogen functional groups attached to an aromatic ring is 1. The Morgan fingerprint density at radius 1 is 0.915 bits per heavy atom. The molecule has 6 N–H and O–H groups in total. The summed E-state index contributed by atoms with van der Waals surface area (Å²) in [6.45, 7) is 15.8. The topological polar surface area (TPSA) is 145 Å². The Hall–Kier alpha value is -3.04. The number of hydrogen-bond donors (Lipinski definition) is 5. The zero-order chi connectivity index (χ0) is 42.0. The fraction of sp³-hybridized carbons (Fsp3) is 0.686. The predicted octanol–water partition coefficient (Wildman–Crippen LogP) is 8.63. The van der Waals surface area contributed by atoms with Gasteiger partial charge in [-0.25, -0.2) is 0 Å². The number of aliphatic hydroxyl groups excluding tert-OH is 2. The van der Waals surface area contributed by atoms with Crippen LogP contribution < -0.4 is 11.1 Å². The van der Waals surface area contributed by atoms with Gasteiger partial charge in [0.15, 0.2) is 5.78 Å². The predicted molar refractivity (Wildman–Crippen MR) is 231 cm³/mol. The number of epoxide rings is 1. The van der Waals surface area contributed by atoms with Crippen molar-refractivity contribution in [2.75, 3.05) is 12.3 Å². The first kappa shape index (κ1) is 41.3. The summed E-state index contributed by atoms with van der Waals surface area (Å²) in [5.74, 6) is 1.18. The molecule has 320 valence electrons. The van der Waals surface area contributed by atoms with Crippen molar-refractivity contribution < 1.29 is 29.6 Å². The highest BCUT2D eigenvalue weighted by molar-refractivity contribution is 6.03. The van der Waals surface area contributed by atoms with Crippen LogP contribution in [0.2, 0.25) is 0 Å². The van der Waals surface area contributed by atoms with Crippen LogP contribution in [0.15, 0.2) is 59.7 Å². The first-order chi connectivity index (χ1) is 27.9. The first-order valence-electron chi connectivity index (χ1n) is 23.1. The maximum atomic E-state index is 15.1. The number of rotatable bonds is 10. The number of aromatic hydroxyl groups is 1. The van der Waals surface area contributed by atoms with Crippen molar-refractivity contribution in [3.8, 4) is 5.75 Å². The average Bonchev–Trinajstić information content (AvgIpc) is 3.51. The van der Waals surface area contributed by atoms with E-state index in [1.165, 1.54) is 11.1 Å². The van der Waals surface area contributed by atoms with Crippen LogP contribution in [0.4, 0.5) is 5.69 Å². The van der Waals surface area contributed by atoms with E-state index in [-0.39, 0.29) is 63.6 Å². The summed E-state index contributed by atoms with van der Waals surface area (Å²) in [4.78, 5) is 29.8. The van der Waals surface area contributed by atoms with Gasteiger partial charge >= 0.3 is 0 Å². The van der Waals surface area contributed by atoms with Crippen molar-refractivity contribution in [1.82, 2.24) is 5.32 Å². The van der Waals surface area contributed by atoms with Gasteiger partial charge in [-0.15, -0.1) is 0 Å². The van der Waals surface area contributed by atoms with Crippen molar-refractivity contribution in [2.24, 2.45) is 51.2 Å². The normalized spacial score (nSPS) is 42.5. The number of allylic oxidation sites excluding steroid dienone is 2. The lowest BCUT2D eigenvalue weighted by Gasteiger charge is -2.73. The molecule has 1 saturated heterocycles. The molecule has 1 spiro atoms. The third-order valence-corrected chi connectivity index (χ3v) is 18.5.